The number of carbonyl (C=O) groups excluding carboxylic acids is 1. The molecular formula is C16H23NO3. The first-order chi connectivity index (χ1) is 9.60. The Morgan fingerprint density at radius 2 is 2.15 bits per heavy atom. The third kappa shape index (κ3) is 3.73. The predicted octanol–water partition coefficient (Wildman–Crippen LogP) is 1.90. The van der Waals surface area contributed by atoms with Gasteiger partial charge in [-0.3, -0.25) is 4.79 Å². The van der Waals surface area contributed by atoms with Crippen LogP contribution in [0.25, 0.3) is 0 Å². The molecule has 1 aromatic rings. The average molecular weight is 277 g/mol. The summed E-state index contributed by atoms with van der Waals surface area (Å²) in [6, 6.07) is 6.21. The average Bonchev–Trinajstić information content (AvgIpc) is 2.45. The number of hydrogen-bond acceptors (Lipinski definition) is 4. The van der Waals surface area contributed by atoms with E-state index in [2.05, 4.69) is 17.0 Å². The number of esters is 1. The molecule has 0 N–H and O–H groups in total. The van der Waals surface area contributed by atoms with E-state index in [0.717, 1.165) is 31.6 Å². The number of likely N-dealkylation sites (N-methyl/N-ethyl adjacent to an activating group) is 1. The number of rotatable bonds is 5. The first-order valence-electron chi connectivity index (χ1n) is 7.07. The van der Waals surface area contributed by atoms with Crippen molar-refractivity contribution in [2.45, 2.75) is 19.3 Å². The van der Waals surface area contributed by atoms with E-state index in [9.17, 15) is 4.79 Å². The standard InChI is InChI=1S/C16H23NO3/c1-17(2)8-9-20-15-7-6-12-4-5-13(16(18)19-3)10-14(12)11-15/h6-7,11,13H,4-5,8-10H2,1-3H3. The van der Waals surface area contributed by atoms with Gasteiger partial charge in [-0.2, -0.15) is 0 Å². The van der Waals surface area contributed by atoms with Gasteiger partial charge in [0, 0.05) is 6.54 Å². The highest BCUT2D eigenvalue weighted by Gasteiger charge is 2.25. The van der Waals surface area contributed by atoms with Crippen molar-refractivity contribution < 1.29 is 14.3 Å². The van der Waals surface area contributed by atoms with E-state index >= 15 is 0 Å². The number of ether oxygens (including phenoxy) is 2. The molecule has 2 rings (SSSR count). The van der Waals surface area contributed by atoms with E-state index in [0.29, 0.717) is 6.61 Å². The highest BCUT2D eigenvalue weighted by atomic mass is 16.5. The van der Waals surface area contributed by atoms with Gasteiger partial charge in [0.25, 0.3) is 0 Å². The summed E-state index contributed by atoms with van der Waals surface area (Å²) in [5.41, 5.74) is 2.54. The zero-order valence-corrected chi connectivity index (χ0v) is 12.5. The molecule has 0 saturated heterocycles. The number of aryl methyl sites for hydroxylation is 1. The fourth-order valence-corrected chi connectivity index (χ4v) is 2.54. The Kier molecular flexibility index (Phi) is 5.01. The van der Waals surface area contributed by atoms with Gasteiger partial charge in [0.1, 0.15) is 12.4 Å². The highest BCUT2D eigenvalue weighted by Crippen LogP contribution is 2.29. The lowest BCUT2D eigenvalue weighted by molar-refractivity contribution is -0.145. The minimum Gasteiger partial charge on any atom is -0.492 e. The Morgan fingerprint density at radius 3 is 2.85 bits per heavy atom. The molecule has 0 amide bonds. The van der Waals surface area contributed by atoms with Gasteiger partial charge in [-0.1, -0.05) is 6.07 Å². The van der Waals surface area contributed by atoms with Crippen molar-refractivity contribution in [1.29, 1.82) is 0 Å². The molecule has 4 nitrogen and oxygen atoms in total. The van der Waals surface area contributed by atoms with E-state index in [1.165, 1.54) is 18.2 Å². The van der Waals surface area contributed by atoms with Gasteiger partial charge in [-0.15, -0.1) is 0 Å². The minimum atomic E-state index is -0.102. The molecule has 1 aliphatic rings. The van der Waals surface area contributed by atoms with E-state index in [4.69, 9.17) is 9.47 Å². The third-order valence-electron chi connectivity index (χ3n) is 3.75. The van der Waals surface area contributed by atoms with Crippen molar-refractivity contribution in [2.24, 2.45) is 5.92 Å². The lowest BCUT2D eigenvalue weighted by Gasteiger charge is -2.23. The molecule has 0 bridgehead atoms. The molecule has 0 heterocycles. The molecule has 0 aromatic heterocycles. The Bertz CT molecular complexity index is 471. The first kappa shape index (κ1) is 14.9. The van der Waals surface area contributed by atoms with Crippen LogP contribution in [0.1, 0.15) is 17.5 Å². The number of fused-ring (bicyclic) bond motifs is 1. The van der Waals surface area contributed by atoms with Crippen LogP contribution in [0.3, 0.4) is 0 Å². The second-order valence-electron chi connectivity index (χ2n) is 5.55. The minimum absolute atomic E-state index is 0.00970. The molecule has 1 atom stereocenters. The van der Waals surface area contributed by atoms with Gasteiger partial charge in [-0.05, 0) is 56.6 Å². The first-order valence-corrected chi connectivity index (χ1v) is 7.07. The normalized spacial score (nSPS) is 17.7. The summed E-state index contributed by atoms with van der Waals surface area (Å²) >= 11 is 0. The maximum absolute atomic E-state index is 11.6. The maximum Gasteiger partial charge on any atom is 0.309 e. The summed E-state index contributed by atoms with van der Waals surface area (Å²) in [6.45, 7) is 1.56. The van der Waals surface area contributed by atoms with Crippen LogP contribution in [0, 0.1) is 5.92 Å². The zero-order chi connectivity index (χ0) is 14.5. The van der Waals surface area contributed by atoms with Crippen LogP contribution >= 0.6 is 0 Å². The van der Waals surface area contributed by atoms with Crippen LogP contribution in [-0.4, -0.2) is 45.2 Å². The molecule has 1 aromatic carbocycles. The van der Waals surface area contributed by atoms with Crippen LogP contribution in [0.4, 0.5) is 0 Å². The number of carbonyl (C=O) groups is 1. The summed E-state index contributed by atoms with van der Waals surface area (Å²) in [5.74, 6) is 0.773. The van der Waals surface area contributed by atoms with Crippen LogP contribution in [0.15, 0.2) is 18.2 Å². The lowest BCUT2D eigenvalue weighted by Crippen LogP contribution is -2.24. The molecule has 0 spiro atoms. The molecule has 1 aliphatic carbocycles. The fourth-order valence-electron chi connectivity index (χ4n) is 2.54. The summed E-state index contributed by atoms with van der Waals surface area (Å²) in [6.07, 6.45) is 2.57. The van der Waals surface area contributed by atoms with Crippen molar-refractivity contribution in [2.75, 3.05) is 34.4 Å². The topological polar surface area (TPSA) is 38.8 Å². The number of nitrogens with zero attached hydrogens (tertiary/aromatic N) is 1. The Balaban J connectivity index is 2.01. The second kappa shape index (κ2) is 6.75. The van der Waals surface area contributed by atoms with Gasteiger partial charge in [0.15, 0.2) is 0 Å². The van der Waals surface area contributed by atoms with E-state index in [-0.39, 0.29) is 11.9 Å². The highest BCUT2D eigenvalue weighted by molar-refractivity contribution is 5.73. The third-order valence-corrected chi connectivity index (χ3v) is 3.75. The van der Waals surface area contributed by atoms with Crippen molar-refractivity contribution in [3.63, 3.8) is 0 Å². The van der Waals surface area contributed by atoms with Crippen LogP contribution in [-0.2, 0) is 22.4 Å². The molecule has 0 saturated carbocycles. The van der Waals surface area contributed by atoms with Crippen molar-refractivity contribution >= 4 is 5.97 Å². The lowest BCUT2D eigenvalue weighted by atomic mass is 9.84. The summed E-state index contributed by atoms with van der Waals surface area (Å²) < 4.78 is 10.6. The van der Waals surface area contributed by atoms with Crippen LogP contribution in [0.5, 0.6) is 5.75 Å². The number of benzene rings is 1. The predicted molar refractivity (Wildman–Crippen MR) is 78.0 cm³/mol. The molecule has 110 valence electrons. The Hall–Kier alpha value is -1.55. The second-order valence-corrected chi connectivity index (χ2v) is 5.55. The van der Waals surface area contributed by atoms with Crippen LogP contribution < -0.4 is 4.74 Å². The quantitative estimate of drug-likeness (QED) is 0.771. The van der Waals surface area contributed by atoms with Gasteiger partial charge in [0.05, 0.1) is 13.0 Å². The van der Waals surface area contributed by atoms with Crippen LogP contribution in [0.2, 0.25) is 0 Å². The summed E-state index contributed by atoms with van der Waals surface area (Å²) in [5, 5.41) is 0. The summed E-state index contributed by atoms with van der Waals surface area (Å²) in [7, 11) is 5.51. The Labute approximate surface area is 120 Å². The molecule has 20 heavy (non-hydrogen) atoms. The van der Waals surface area contributed by atoms with Gasteiger partial charge >= 0.3 is 5.97 Å². The van der Waals surface area contributed by atoms with E-state index < -0.39 is 0 Å². The van der Waals surface area contributed by atoms with Crippen molar-refractivity contribution in [3.8, 4) is 5.75 Å². The van der Waals surface area contributed by atoms with E-state index in [1.807, 2.05) is 20.2 Å². The zero-order valence-electron chi connectivity index (χ0n) is 12.5. The van der Waals surface area contributed by atoms with Crippen molar-refractivity contribution in [3.05, 3.63) is 29.3 Å². The van der Waals surface area contributed by atoms with Gasteiger partial charge < -0.3 is 14.4 Å². The number of methoxy groups -OCH3 is 1. The Morgan fingerprint density at radius 1 is 1.35 bits per heavy atom. The van der Waals surface area contributed by atoms with Gasteiger partial charge in [-0.25, -0.2) is 0 Å². The largest absolute Gasteiger partial charge is 0.492 e. The SMILES string of the molecule is COC(=O)C1CCc2ccc(OCCN(C)C)cc2C1. The van der Waals surface area contributed by atoms with Gasteiger partial charge in [0.2, 0.25) is 0 Å². The monoisotopic (exact) mass is 277 g/mol. The molecule has 0 aliphatic heterocycles. The summed E-state index contributed by atoms with van der Waals surface area (Å²) in [4.78, 5) is 13.7. The van der Waals surface area contributed by atoms with Crippen molar-refractivity contribution in [1.82, 2.24) is 4.90 Å². The molecule has 4 heteroatoms. The fraction of sp³-hybridized carbons (Fsp3) is 0.562. The molecule has 1 unspecified atom stereocenters. The number of hydrogen-bond donors (Lipinski definition) is 0. The van der Waals surface area contributed by atoms with E-state index in [1.54, 1.807) is 0 Å². The maximum atomic E-state index is 11.6. The molecule has 0 fully saturated rings. The molecular weight excluding hydrogens is 254 g/mol. The molecule has 0 radical (unpaired) electrons. The smallest absolute Gasteiger partial charge is 0.309 e.